The van der Waals surface area contributed by atoms with E-state index in [9.17, 15) is 18.4 Å². The molecule has 0 radical (unpaired) electrons. The number of benzene rings is 2. The molecular formula is C26H33F2N3O2. The Morgan fingerprint density at radius 2 is 1.64 bits per heavy atom. The van der Waals surface area contributed by atoms with Crippen LogP contribution in [0.3, 0.4) is 0 Å². The molecule has 2 aromatic rings. The number of nitrogens with zero attached hydrogens (tertiary/aromatic N) is 1. The Morgan fingerprint density at radius 3 is 2.21 bits per heavy atom. The van der Waals surface area contributed by atoms with Crippen molar-refractivity contribution in [1.29, 1.82) is 0 Å². The van der Waals surface area contributed by atoms with Crippen molar-refractivity contribution in [2.24, 2.45) is 11.1 Å². The molecule has 1 aliphatic carbocycles. The number of nitrogens with one attached hydrogen (secondary N) is 1. The van der Waals surface area contributed by atoms with Crippen molar-refractivity contribution in [1.82, 2.24) is 4.90 Å². The summed E-state index contributed by atoms with van der Waals surface area (Å²) in [5.41, 5.74) is 7.72. The van der Waals surface area contributed by atoms with E-state index in [4.69, 9.17) is 5.73 Å². The van der Waals surface area contributed by atoms with Gasteiger partial charge in [0.1, 0.15) is 11.6 Å². The highest BCUT2D eigenvalue weighted by Gasteiger charge is 2.32. The number of hydrogen-bond acceptors (Lipinski definition) is 3. The number of halogens is 2. The zero-order valence-corrected chi connectivity index (χ0v) is 19.5. The average Bonchev–Trinajstić information content (AvgIpc) is 2.71. The zero-order valence-electron chi connectivity index (χ0n) is 19.5. The van der Waals surface area contributed by atoms with Gasteiger partial charge in [-0.15, -0.1) is 0 Å². The van der Waals surface area contributed by atoms with Crippen molar-refractivity contribution in [3.8, 4) is 0 Å². The largest absolute Gasteiger partial charge is 0.330 e. The van der Waals surface area contributed by atoms with Gasteiger partial charge in [0.2, 0.25) is 5.91 Å². The predicted octanol–water partition coefficient (Wildman–Crippen LogP) is 5.25. The number of carbonyl (C=O) groups is 2. The molecule has 1 aliphatic rings. The molecule has 0 heterocycles. The van der Waals surface area contributed by atoms with Crippen LogP contribution < -0.4 is 11.1 Å². The molecule has 0 spiro atoms. The van der Waals surface area contributed by atoms with Crippen LogP contribution in [0.1, 0.15) is 68.8 Å². The average molecular weight is 458 g/mol. The van der Waals surface area contributed by atoms with E-state index in [1.165, 1.54) is 0 Å². The number of hydrogen-bond donors (Lipinski definition) is 2. The van der Waals surface area contributed by atoms with Crippen LogP contribution >= 0.6 is 0 Å². The normalized spacial score (nSPS) is 18.6. The maximum atomic E-state index is 13.8. The van der Waals surface area contributed by atoms with Crippen molar-refractivity contribution in [2.75, 3.05) is 5.32 Å². The van der Waals surface area contributed by atoms with Gasteiger partial charge in [0.25, 0.3) is 5.91 Å². The van der Waals surface area contributed by atoms with Crippen molar-refractivity contribution >= 4 is 17.5 Å². The summed E-state index contributed by atoms with van der Waals surface area (Å²) in [5.74, 6) is -2.09. The van der Waals surface area contributed by atoms with Gasteiger partial charge in [0.15, 0.2) is 0 Å². The second-order valence-electron chi connectivity index (χ2n) is 10.1. The fraction of sp³-hybridized carbons (Fsp3) is 0.462. The van der Waals surface area contributed by atoms with Crippen LogP contribution in [0.2, 0.25) is 0 Å². The van der Waals surface area contributed by atoms with Crippen LogP contribution in [-0.2, 0) is 11.3 Å². The van der Waals surface area contributed by atoms with Crippen LogP contribution in [0.15, 0.2) is 42.5 Å². The highest BCUT2D eigenvalue weighted by Crippen LogP contribution is 2.26. The lowest BCUT2D eigenvalue weighted by atomic mass is 9.89. The standard InChI is InChI=1S/C26H33F2N3O2/c1-26(2,3)15-24(32)30-21-10-8-17(9-11-21)16-31(23-7-5-4-6-22(23)29)25(33)18-12-19(27)14-20(28)13-18/h8-14,22-23H,4-7,15-16,29H2,1-3H3,(H,30,32). The summed E-state index contributed by atoms with van der Waals surface area (Å²) in [4.78, 5) is 27.1. The fourth-order valence-electron chi connectivity index (χ4n) is 4.29. The molecule has 1 saturated carbocycles. The molecule has 2 aromatic carbocycles. The topological polar surface area (TPSA) is 75.4 Å². The molecule has 0 saturated heterocycles. The molecule has 5 nitrogen and oxygen atoms in total. The van der Waals surface area contributed by atoms with Crippen LogP contribution in [-0.4, -0.2) is 28.8 Å². The molecule has 0 bridgehead atoms. The molecular weight excluding hydrogens is 424 g/mol. The first-order valence-corrected chi connectivity index (χ1v) is 11.4. The van der Waals surface area contributed by atoms with Gasteiger partial charge in [0, 0.05) is 42.4 Å². The monoisotopic (exact) mass is 457 g/mol. The molecule has 33 heavy (non-hydrogen) atoms. The molecule has 1 fully saturated rings. The Hall–Kier alpha value is -2.80. The van der Waals surface area contributed by atoms with E-state index in [-0.39, 0.29) is 35.5 Å². The number of nitrogens with two attached hydrogens (primary N) is 1. The van der Waals surface area contributed by atoms with Gasteiger partial charge in [-0.1, -0.05) is 45.7 Å². The van der Waals surface area contributed by atoms with E-state index < -0.39 is 17.5 Å². The summed E-state index contributed by atoms with van der Waals surface area (Å²) in [5, 5.41) is 2.89. The molecule has 0 aromatic heterocycles. The van der Waals surface area contributed by atoms with Gasteiger partial charge >= 0.3 is 0 Å². The third-order valence-corrected chi connectivity index (χ3v) is 5.83. The Kier molecular flexibility index (Phi) is 7.84. The zero-order chi connectivity index (χ0) is 24.2. The van der Waals surface area contributed by atoms with Crippen LogP contribution in [0, 0.1) is 17.0 Å². The molecule has 3 N–H and O–H groups in total. The first-order valence-electron chi connectivity index (χ1n) is 11.4. The lowest BCUT2D eigenvalue weighted by molar-refractivity contribution is -0.117. The molecule has 0 aliphatic heterocycles. The Labute approximate surface area is 194 Å². The first kappa shape index (κ1) is 24.8. The number of anilines is 1. The lowest BCUT2D eigenvalue weighted by Crippen LogP contribution is -2.51. The van der Waals surface area contributed by atoms with E-state index in [1.807, 2.05) is 32.9 Å². The molecule has 178 valence electrons. The molecule has 2 unspecified atom stereocenters. The van der Waals surface area contributed by atoms with Gasteiger partial charge in [-0.3, -0.25) is 9.59 Å². The maximum absolute atomic E-state index is 13.8. The van der Waals surface area contributed by atoms with Gasteiger partial charge in [-0.25, -0.2) is 8.78 Å². The Morgan fingerprint density at radius 1 is 1.03 bits per heavy atom. The fourth-order valence-corrected chi connectivity index (χ4v) is 4.29. The second-order valence-corrected chi connectivity index (χ2v) is 10.1. The van der Waals surface area contributed by atoms with Crippen LogP contribution in [0.4, 0.5) is 14.5 Å². The van der Waals surface area contributed by atoms with E-state index in [0.717, 1.165) is 49.4 Å². The summed E-state index contributed by atoms with van der Waals surface area (Å²) in [6.45, 7) is 6.26. The highest BCUT2D eigenvalue weighted by atomic mass is 19.1. The van der Waals surface area contributed by atoms with E-state index in [2.05, 4.69) is 5.32 Å². The predicted molar refractivity (Wildman–Crippen MR) is 126 cm³/mol. The smallest absolute Gasteiger partial charge is 0.254 e. The van der Waals surface area contributed by atoms with Crippen molar-refractivity contribution < 1.29 is 18.4 Å². The number of carbonyl (C=O) groups excluding carboxylic acids is 2. The van der Waals surface area contributed by atoms with Crippen LogP contribution in [0.5, 0.6) is 0 Å². The molecule has 7 heteroatoms. The van der Waals surface area contributed by atoms with E-state index >= 15 is 0 Å². The second kappa shape index (κ2) is 10.4. The number of amides is 2. The third-order valence-electron chi connectivity index (χ3n) is 5.83. The molecule has 2 atom stereocenters. The minimum atomic E-state index is -0.790. The lowest BCUT2D eigenvalue weighted by Gasteiger charge is -2.38. The summed E-state index contributed by atoms with van der Waals surface area (Å²) >= 11 is 0. The molecule has 2 amide bonds. The quantitative estimate of drug-likeness (QED) is 0.622. The summed E-state index contributed by atoms with van der Waals surface area (Å²) in [6.07, 6.45) is 3.88. The SMILES string of the molecule is CC(C)(C)CC(=O)Nc1ccc(CN(C(=O)c2cc(F)cc(F)c2)C2CCCCC2N)cc1. The van der Waals surface area contributed by atoms with Gasteiger partial charge in [-0.05, 0) is 48.1 Å². The van der Waals surface area contributed by atoms with Gasteiger partial charge in [0.05, 0.1) is 0 Å². The summed E-state index contributed by atoms with van der Waals surface area (Å²) in [7, 11) is 0. The van der Waals surface area contributed by atoms with Gasteiger partial charge < -0.3 is 16.0 Å². The highest BCUT2D eigenvalue weighted by molar-refractivity contribution is 5.94. The first-order chi connectivity index (χ1) is 15.5. The van der Waals surface area contributed by atoms with E-state index in [0.29, 0.717) is 12.1 Å². The van der Waals surface area contributed by atoms with Crippen molar-refractivity contribution in [3.05, 3.63) is 65.2 Å². The van der Waals surface area contributed by atoms with Gasteiger partial charge in [-0.2, -0.15) is 0 Å². The summed E-state index contributed by atoms with van der Waals surface area (Å²) < 4.78 is 27.6. The Balaban J connectivity index is 1.80. The maximum Gasteiger partial charge on any atom is 0.254 e. The minimum absolute atomic E-state index is 0.0312. The summed E-state index contributed by atoms with van der Waals surface area (Å²) in [6, 6.07) is 9.71. The van der Waals surface area contributed by atoms with Crippen molar-refractivity contribution in [2.45, 2.75) is 71.5 Å². The van der Waals surface area contributed by atoms with Crippen molar-refractivity contribution in [3.63, 3.8) is 0 Å². The minimum Gasteiger partial charge on any atom is -0.330 e. The Bertz CT molecular complexity index is 966. The molecule has 3 rings (SSSR count). The van der Waals surface area contributed by atoms with Crippen LogP contribution in [0.25, 0.3) is 0 Å². The van der Waals surface area contributed by atoms with E-state index in [1.54, 1.807) is 17.0 Å². The number of rotatable bonds is 6. The third kappa shape index (κ3) is 7.09.